The lowest BCUT2D eigenvalue weighted by atomic mass is 10.0. The third kappa shape index (κ3) is 4.95. The molecule has 2 heterocycles. The maximum atomic E-state index is 13.0. The summed E-state index contributed by atoms with van der Waals surface area (Å²) in [5.74, 6) is -0.457. The molecule has 6 nitrogen and oxygen atoms in total. The number of amides is 1. The summed E-state index contributed by atoms with van der Waals surface area (Å²) < 4.78 is 4.83. The third-order valence-electron chi connectivity index (χ3n) is 5.48. The van der Waals surface area contributed by atoms with Gasteiger partial charge in [-0.05, 0) is 50.1 Å². The van der Waals surface area contributed by atoms with Crippen molar-refractivity contribution in [2.24, 2.45) is 0 Å². The number of anilines is 1. The summed E-state index contributed by atoms with van der Waals surface area (Å²) in [7, 11) is 1.38. The highest BCUT2D eigenvalue weighted by atomic mass is 35.5. The third-order valence-corrected chi connectivity index (χ3v) is 6.94. The van der Waals surface area contributed by atoms with Crippen LogP contribution in [0.15, 0.2) is 48.5 Å². The highest BCUT2D eigenvalue weighted by Crippen LogP contribution is 2.29. The van der Waals surface area contributed by atoms with Crippen LogP contribution in [0.1, 0.15) is 38.6 Å². The lowest BCUT2D eigenvalue weighted by molar-refractivity contribution is 0.0600. The van der Waals surface area contributed by atoms with Crippen molar-refractivity contribution < 1.29 is 14.3 Å². The first-order valence-corrected chi connectivity index (χ1v) is 11.6. The van der Waals surface area contributed by atoms with Crippen LogP contribution in [0.25, 0.3) is 10.6 Å². The van der Waals surface area contributed by atoms with Crippen LogP contribution in [-0.2, 0) is 4.74 Å². The van der Waals surface area contributed by atoms with E-state index in [9.17, 15) is 9.59 Å². The topological polar surface area (TPSA) is 71.5 Å². The number of halogens is 1. The number of hydrogen-bond acceptors (Lipinski definition) is 6. The molecule has 4 rings (SSSR count). The van der Waals surface area contributed by atoms with E-state index < -0.39 is 0 Å². The number of carbonyl (C=O) groups is 2. The average Bonchev–Trinajstić information content (AvgIpc) is 3.21. The van der Waals surface area contributed by atoms with Crippen LogP contribution < -0.4 is 10.2 Å². The Morgan fingerprint density at radius 2 is 2.00 bits per heavy atom. The Labute approximate surface area is 196 Å². The Balaban J connectivity index is 1.45. The summed E-state index contributed by atoms with van der Waals surface area (Å²) >= 11 is 7.36. The lowest BCUT2D eigenvalue weighted by Gasteiger charge is -2.34. The minimum absolute atomic E-state index is 0.0125. The van der Waals surface area contributed by atoms with Gasteiger partial charge >= 0.3 is 5.97 Å². The van der Waals surface area contributed by atoms with Crippen LogP contribution in [-0.4, -0.2) is 43.1 Å². The molecule has 0 unspecified atom stereocenters. The van der Waals surface area contributed by atoms with Crippen molar-refractivity contribution in [3.63, 3.8) is 0 Å². The fourth-order valence-corrected chi connectivity index (χ4v) is 4.95. The zero-order valence-electron chi connectivity index (χ0n) is 17.9. The minimum Gasteiger partial charge on any atom is -0.465 e. The molecule has 1 aliphatic rings. The number of piperidine rings is 1. The van der Waals surface area contributed by atoms with E-state index in [1.54, 1.807) is 6.07 Å². The van der Waals surface area contributed by atoms with Crippen LogP contribution in [0.5, 0.6) is 0 Å². The molecule has 0 spiro atoms. The number of carbonyl (C=O) groups excluding carboxylic acids is 2. The number of methoxy groups -OCH3 is 1. The normalized spacial score (nSPS) is 16.0. The van der Waals surface area contributed by atoms with Gasteiger partial charge in [-0.1, -0.05) is 29.8 Å². The van der Waals surface area contributed by atoms with E-state index >= 15 is 0 Å². The van der Waals surface area contributed by atoms with Gasteiger partial charge in [0.2, 0.25) is 0 Å². The second-order valence-corrected chi connectivity index (χ2v) is 9.18. The molecule has 3 aromatic rings. The van der Waals surface area contributed by atoms with Crippen molar-refractivity contribution in [2.45, 2.75) is 25.8 Å². The number of esters is 1. The summed E-state index contributed by atoms with van der Waals surface area (Å²) in [5.41, 5.74) is 3.13. The van der Waals surface area contributed by atoms with Gasteiger partial charge in [-0.25, -0.2) is 9.78 Å². The Hall–Kier alpha value is -2.90. The smallest absolute Gasteiger partial charge is 0.337 e. The van der Waals surface area contributed by atoms with Gasteiger partial charge in [0.05, 0.1) is 18.4 Å². The van der Waals surface area contributed by atoms with Crippen molar-refractivity contribution in [3.05, 3.63) is 69.7 Å². The number of thiazole rings is 1. The van der Waals surface area contributed by atoms with Crippen molar-refractivity contribution >= 4 is 40.5 Å². The number of ether oxygens (including phenoxy) is 1. The molecular weight excluding hydrogens is 446 g/mol. The van der Waals surface area contributed by atoms with Gasteiger partial charge in [-0.15, -0.1) is 11.3 Å². The molecule has 8 heteroatoms. The largest absolute Gasteiger partial charge is 0.465 e. The lowest BCUT2D eigenvalue weighted by Crippen LogP contribution is -2.47. The fourth-order valence-electron chi connectivity index (χ4n) is 3.85. The van der Waals surface area contributed by atoms with Gasteiger partial charge in [0, 0.05) is 35.4 Å². The van der Waals surface area contributed by atoms with E-state index in [1.165, 1.54) is 18.4 Å². The molecular formula is C24H24ClN3O3S. The van der Waals surface area contributed by atoms with E-state index in [1.807, 2.05) is 49.4 Å². The minimum atomic E-state index is -0.356. The molecule has 166 valence electrons. The number of nitrogens with zero attached hydrogens (tertiary/aromatic N) is 2. The Kier molecular flexibility index (Phi) is 6.77. The number of aromatic nitrogens is 1. The standard InChI is InChI=1S/C24H24ClN3O3S/c1-15-21(32-23(26-15)16-8-10-18(25)11-9-16)22(29)27-19-6-4-12-28(14-19)20-7-3-5-17(13-20)24(30)31-2/h3,5,7-11,13,19H,4,6,12,14H2,1-2H3,(H,27,29)/t19-/m0/s1. The van der Waals surface area contributed by atoms with Gasteiger partial charge in [0.15, 0.2) is 0 Å². The molecule has 1 amide bonds. The van der Waals surface area contributed by atoms with Crippen LogP contribution in [0.2, 0.25) is 5.02 Å². The zero-order valence-corrected chi connectivity index (χ0v) is 19.5. The monoisotopic (exact) mass is 469 g/mol. The number of rotatable bonds is 5. The summed E-state index contributed by atoms with van der Waals surface area (Å²) in [5, 5.41) is 4.64. The quantitative estimate of drug-likeness (QED) is 0.535. The van der Waals surface area contributed by atoms with E-state index in [0.29, 0.717) is 22.0 Å². The highest BCUT2D eigenvalue weighted by molar-refractivity contribution is 7.17. The van der Waals surface area contributed by atoms with E-state index in [4.69, 9.17) is 16.3 Å². The Morgan fingerprint density at radius 1 is 1.22 bits per heavy atom. The molecule has 0 aliphatic carbocycles. The van der Waals surface area contributed by atoms with Gasteiger partial charge < -0.3 is 15.0 Å². The number of aryl methyl sites for hydroxylation is 1. The molecule has 0 bridgehead atoms. The highest BCUT2D eigenvalue weighted by Gasteiger charge is 2.25. The predicted molar refractivity (Wildman–Crippen MR) is 128 cm³/mol. The first kappa shape index (κ1) is 22.3. The van der Waals surface area contributed by atoms with Gasteiger partial charge in [0.1, 0.15) is 9.88 Å². The van der Waals surface area contributed by atoms with Crippen molar-refractivity contribution in [3.8, 4) is 10.6 Å². The van der Waals surface area contributed by atoms with Crippen molar-refractivity contribution in [1.82, 2.24) is 10.3 Å². The van der Waals surface area contributed by atoms with Gasteiger partial charge in [-0.2, -0.15) is 0 Å². The zero-order chi connectivity index (χ0) is 22.7. The molecule has 1 aliphatic heterocycles. The van der Waals surface area contributed by atoms with Crippen LogP contribution >= 0.6 is 22.9 Å². The molecule has 1 N–H and O–H groups in total. The molecule has 1 fully saturated rings. The van der Waals surface area contributed by atoms with E-state index in [0.717, 1.165) is 41.3 Å². The van der Waals surface area contributed by atoms with Crippen molar-refractivity contribution in [2.75, 3.05) is 25.1 Å². The van der Waals surface area contributed by atoms with Crippen molar-refractivity contribution in [1.29, 1.82) is 0 Å². The average molecular weight is 470 g/mol. The molecule has 0 radical (unpaired) electrons. The molecule has 2 aromatic carbocycles. The maximum absolute atomic E-state index is 13.0. The molecule has 0 saturated carbocycles. The maximum Gasteiger partial charge on any atom is 0.337 e. The van der Waals surface area contributed by atoms with Crippen LogP contribution in [0, 0.1) is 6.92 Å². The second kappa shape index (κ2) is 9.71. The second-order valence-electron chi connectivity index (χ2n) is 7.74. The van der Waals surface area contributed by atoms with Gasteiger partial charge in [0.25, 0.3) is 5.91 Å². The van der Waals surface area contributed by atoms with Crippen LogP contribution in [0.4, 0.5) is 5.69 Å². The number of benzene rings is 2. The Morgan fingerprint density at radius 3 is 2.75 bits per heavy atom. The molecule has 1 atom stereocenters. The first-order chi connectivity index (χ1) is 15.4. The predicted octanol–water partition coefficient (Wildman–Crippen LogP) is 4.96. The number of nitrogens with one attached hydrogen (secondary N) is 1. The van der Waals surface area contributed by atoms with Crippen LogP contribution in [0.3, 0.4) is 0 Å². The van der Waals surface area contributed by atoms with E-state index in [2.05, 4.69) is 15.2 Å². The summed E-state index contributed by atoms with van der Waals surface area (Å²) in [6, 6.07) is 14.9. The number of hydrogen-bond donors (Lipinski definition) is 1. The fraction of sp³-hybridized carbons (Fsp3) is 0.292. The molecule has 1 saturated heterocycles. The molecule has 32 heavy (non-hydrogen) atoms. The summed E-state index contributed by atoms with van der Waals surface area (Å²) in [6.07, 6.45) is 1.85. The summed E-state index contributed by atoms with van der Waals surface area (Å²) in [4.78, 5) is 32.3. The summed E-state index contributed by atoms with van der Waals surface area (Å²) in [6.45, 7) is 3.41. The Bertz CT molecular complexity index is 1130. The first-order valence-electron chi connectivity index (χ1n) is 10.4. The van der Waals surface area contributed by atoms with E-state index in [-0.39, 0.29) is 17.9 Å². The van der Waals surface area contributed by atoms with Gasteiger partial charge in [-0.3, -0.25) is 4.79 Å². The molecule has 1 aromatic heterocycles. The SMILES string of the molecule is COC(=O)c1cccc(N2CCC[C@H](NC(=O)c3sc(-c4ccc(Cl)cc4)nc3C)C2)c1.